The molecule has 3 N–H and O–H groups in total. The number of rotatable bonds is 9. The van der Waals surface area contributed by atoms with Crippen molar-refractivity contribution in [3.63, 3.8) is 0 Å². The second-order valence-electron chi connectivity index (χ2n) is 20.1. The van der Waals surface area contributed by atoms with Gasteiger partial charge in [-0.3, -0.25) is 19.2 Å². The smallest absolute Gasteiger partial charge is 0.329 e. The van der Waals surface area contributed by atoms with Crippen LogP contribution in [0.1, 0.15) is 126 Å². The number of cyclic esters (lactones) is 1. The lowest BCUT2D eigenvalue weighted by molar-refractivity contribution is -0.231. The van der Waals surface area contributed by atoms with Gasteiger partial charge in [-0.05, 0) is 107 Å². The van der Waals surface area contributed by atoms with Crippen molar-refractivity contribution in [2.45, 2.75) is 180 Å². The quantitative estimate of drug-likeness (QED) is 0.134. The Balaban J connectivity index is 1.73. The number of methoxy groups -OCH3 is 3. The summed E-state index contributed by atoms with van der Waals surface area (Å²) < 4.78 is 35.7. The fraction of sp³-hybridized carbons (Fsp3) is 0.755. The van der Waals surface area contributed by atoms with Gasteiger partial charge in [-0.25, -0.2) is 4.79 Å². The van der Waals surface area contributed by atoms with E-state index >= 15 is 0 Å². The van der Waals surface area contributed by atoms with E-state index in [-0.39, 0.29) is 80.5 Å². The van der Waals surface area contributed by atoms with Gasteiger partial charge in [0.05, 0.1) is 37.6 Å². The molecule has 3 aliphatic heterocycles. The standard InChI is InChI=1S/C53H83NO14/c1-32-16-12-11-13-17-33(2)44(63-8)30-40-21-19-34(3)50(59)53(62,68-40)52(61)54-23-15-14-18-41(54)51(60)67-45(36(5)28-39-20-22-43(66-25-24-55)46(29-39)64-9)31-42(56)35(4)27-38(7)48(58)49(65-10)47(57)37(6)26-32/h11-13,16-17,27,32,34-37,39-41,43-46,48-49,55,58,62H,14-15,18-26,28-31H2,1-10H3/b13-11+,16-12+,33-17+,38-27+. The lowest BCUT2D eigenvalue weighted by Crippen LogP contribution is -2.62. The Morgan fingerprint density at radius 3 is 2.25 bits per heavy atom. The molecule has 15 unspecified atom stereocenters. The maximum Gasteiger partial charge on any atom is 0.329 e. The SMILES string of the molecule is COC1CC2CCC(C)C(=O)C(O)(O2)C(=O)N2CCCCC2C(=O)OC(C(C)CC2CCC(OCCO)C(OC)C2)CC(=O)C(C)/C=C(\C)C(O)C(OC)C(=O)C(C)CC(C)/C=C/C=C/C=C/1C. The number of aliphatic hydroxyl groups excluding tert-OH is 2. The first-order chi connectivity index (χ1) is 32.3. The molecule has 2 bridgehead atoms. The number of esters is 1. The molecular formula is C53H83NO14. The summed E-state index contributed by atoms with van der Waals surface area (Å²) in [5.41, 5.74) is 1.24. The van der Waals surface area contributed by atoms with Gasteiger partial charge in [-0.15, -0.1) is 0 Å². The number of nitrogens with zero attached hydrogens (tertiary/aromatic N) is 1. The highest BCUT2D eigenvalue weighted by Crippen LogP contribution is 2.37. The predicted octanol–water partition coefficient (Wildman–Crippen LogP) is 6.20. The third-order valence-electron chi connectivity index (χ3n) is 14.8. The van der Waals surface area contributed by atoms with Gasteiger partial charge in [-0.2, -0.15) is 0 Å². The molecule has 384 valence electrons. The fourth-order valence-electron chi connectivity index (χ4n) is 10.5. The van der Waals surface area contributed by atoms with Gasteiger partial charge in [0.2, 0.25) is 5.78 Å². The summed E-state index contributed by atoms with van der Waals surface area (Å²) >= 11 is 0. The first-order valence-electron chi connectivity index (χ1n) is 25.0. The summed E-state index contributed by atoms with van der Waals surface area (Å²) in [6.07, 6.45) is 11.5. The van der Waals surface area contributed by atoms with Crippen molar-refractivity contribution in [2.75, 3.05) is 41.1 Å². The lowest BCUT2D eigenvalue weighted by Gasteiger charge is -2.40. The molecule has 1 saturated carbocycles. The van der Waals surface area contributed by atoms with Gasteiger partial charge >= 0.3 is 11.8 Å². The van der Waals surface area contributed by atoms with Gasteiger partial charge < -0.3 is 48.6 Å². The topological polar surface area (TPSA) is 205 Å². The highest BCUT2D eigenvalue weighted by atomic mass is 16.6. The van der Waals surface area contributed by atoms with Crippen LogP contribution in [0.25, 0.3) is 0 Å². The van der Waals surface area contributed by atoms with Crippen LogP contribution >= 0.6 is 0 Å². The summed E-state index contributed by atoms with van der Waals surface area (Å²) in [6, 6.07) is -1.16. The first-order valence-corrected chi connectivity index (χ1v) is 25.0. The van der Waals surface area contributed by atoms with E-state index in [9.17, 15) is 39.3 Å². The number of piperidine rings is 1. The molecule has 0 spiro atoms. The van der Waals surface area contributed by atoms with Crippen LogP contribution in [0.4, 0.5) is 0 Å². The van der Waals surface area contributed by atoms with Crippen LogP contribution in [0.2, 0.25) is 0 Å². The van der Waals surface area contributed by atoms with Crippen molar-refractivity contribution in [1.82, 2.24) is 4.90 Å². The molecule has 4 aliphatic rings. The largest absolute Gasteiger partial charge is 0.460 e. The Bertz CT molecular complexity index is 1810. The van der Waals surface area contributed by atoms with Crippen LogP contribution in [-0.2, 0) is 52.4 Å². The molecule has 1 aliphatic carbocycles. The normalized spacial score (nSPS) is 39.2. The van der Waals surface area contributed by atoms with E-state index in [0.717, 1.165) is 12.0 Å². The molecule has 68 heavy (non-hydrogen) atoms. The van der Waals surface area contributed by atoms with E-state index in [1.54, 1.807) is 41.1 Å². The average molecular weight is 958 g/mol. The summed E-state index contributed by atoms with van der Waals surface area (Å²) in [5, 5.41) is 33.0. The summed E-state index contributed by atoms with van der Waals surface area (Å²) in [7, 11) is 4.57. The van der Waals surface area contributed by atoms with Crippen molar-refractivity contribution < 1.29 is 67.7 Å². The molecule has 15 nitrogen and oxygen atoms in total. The Morgan fingerprint density at radius 1 is 0.838 bits per heavy atom. The zero-order valence-corrected chi connectivity index (χ0v) is 42.4. The molecule has 15 heteroatoms. The van der Waals surface area contributed by atoms with Crippen LogP contribution < -0.4 is 0 Å². The number of Topliss-reactive ketones (excluding diaryl/α,β-unsaturated/α-hetero) is 3. The lowest BCUT2D eigenvalue weighted by atomic mass is 9.78. The Kier molecular flexibility index (Phi) is 22.9. The molecule has 0 aromatic carbocycles. The average Bonchev–Trinajstić information content (AvgIpc) is 3.43. The molecule has 1 amide bonds. The molecule has 0 radical (unpaired) electrons. The van der Waals surface area contributed by atoms with E-state index < -0.39 is 77.8 Å². The van der Waals surface area contributed by atoms with Crippen molar-refractivity contribution in [1.29, 1.82) is 0 Å². The molecule has 0 aromatic heterocycles. The van der Waals surface area contributed by atoms with Crippen molar-refractivity contribution in [2.24, 2.45) is 35.5 Å². The third kappa shape index (κ3) is 15.3. The van der Waals surface area contributed by atoms with E-state index in [1.165, 1.54) is 12.0 Å². The minimum atomic E-state index is -2.86. The number of hydrogen-bond donors (Lipinski definition) is 3. The molecule has 2 saturated heterocycles. The predicted molar refractivity (Wildman–Crippen MR) is 256 cm³/mol. The molecule has 3 heterocycles. The highest BCUT2D eigenvalue weighted by Gasteiger charge is 2.55. The fourth-order valence-corrected chi connectivity index (χ4v) is 10.5. The van der Waals surface area contributed by atoms with Gasteiger partial charge in [0, 0.05) is 58.5 Å². The molecule has 3 fully saturated rings. The Morgan fingerprint density at radius 2 is 1.57 bits per heavy atom. The minimum Gasteiger partial charge on any atom is -0.460 e. The van der Waals surface area contributed by atoms with Crippen LogP contribution in [0.5, 0.6) is 0 Å². The number of carbonyl (C=O) groups excluding carboxylic acids is 5. The zero-order chi connectivity index (χ0) is 50.3. The monoisotopic (exact) mass is 958 g/mol. The van der Waals surface area contributed by atoms with Crippen LogP contribution in [0.3, 0.4) is 0 Å². The van der Waals surface area contributed by atoms with Gasteiger partial charge in [0.1, 0.15) is 30.1 Å². The number of amides is 1. The Labute approximate surface area is 405 Å². The Hall–Kier alpha value is -3.41. The van der Waals surface area contributed by atoms with Gasteiger partial charge in [0.15, 0.2) is 5.78 Å². The van der Waals surface area contributed by atoms with Crippen molar-refractivity contribution in [3.8, 4) is 0 Å². The number of carbonyl (C=O) groups is 5. The third-order valence-corrected chi connectivity index (χ3v) is 14.8. The number of aliphatic hydroxyl groups is 3. The zero-order valence-electron chi connectivity index (χ0n) is 42.4. The van der Waals surface area contributed by atoms with Crippen molar-refractivity contribution >= 4 is 29.2 Å². The molecule has 15 atom stereocenters. The van der Waals surface area contributed by atoms with E-state index in [1.807, 2.05) is 58.1 Å². The van der Waals surface area contributed by atoms with Crippen molar-refractivity contribution in [3.05, 3.63) is 47.6 Å². The minimum absolute atomic E-state index is 0.0112. The summed E-state index contributed by atoms with van der Waals surface area (Å²) in [4.78, 5) is 72.5. The summed E-state index contributed by atoms with van der Waals surface area (Å²) in [5.74, 6) is -8.02. The highest BCUT2D eigenvalue weighted by molar-refractivity contribution is 6.09. The number of hydrogen-bond acceptors (Lipinski definition) is 14. The van der Waals surface area contributed by atoms with Crippen LogP contribution in [0, 0.1) is 35.5 Å². The second kappa shape index (κ2) is 27.3. The molecular weight excluding hydrogens is 875 g/mol. The van der Waals surface area contributed by atoms with E-state index in [0.29, 0.717) is 56.9 Å². The summed E-state index contributed by atoms with van der Waals surface area (Å²) in [6.45, 7) is 12.8. The maximum atomic E-state index is 14.7. The number of allylic oxidation sites excluding steroid dienone is 6. The number of fused-ring (bicyclic) bond motifs is 3. The maximum absolute atomic E-state index is 14.7. The van der Waals surface area contributed by atoms with Gasteiger partial charge in [0.25, 0.3) is 5.91 Å². The van der Waals surface area contributed by atoms with Crippen LogP contribution in [0.15, 0.2) is 47.6 Å². The van der Waals surface area contributed by atoms with E-state index in [4.69, 9.17) is 28.4 Å². The first kappa shape index (κ1) is 57.2. The second-order valence-corrected chi connectivity index (χ2v) is 20.1. The van der Waals surface area contributed by atoms with E-state index in [2.05, 4.69) is 0 Å². The van der Waals surface area contributed by atoms with Crippen LogP contribution in [-0.4, -0.2) is 145 Å². The number of ether oxygens (including phenoxy) is 6. The number of ketones is 3. The van der Waals surface area contributed by atoms with Gasteiger partial charge in [-0.1, -0.05) is 71.1 Å². The molecule has 4 rings (SSSR count). The molecule has 0 aromatic rings.